The zero-order valence-corrected chi connectivity index (χ0v) is 23.4. The van der Waals surface area contributed by atoms with Crippen molar-refractivity contribution in [3.8, 4) is 17.0 Å². The summed E-state index contributed by atoms with van der Waals surface area (Å²) in [5.41, 5.74) is 2.96. The van der Waals surface area contributed by atoms with Crippen LogP contribution in [0.3, 0.4) is 0 Å². The number of amides is 2. The molecule has 2 aliphatic rings. The number of hydrogen-bond acceptors (Lipinski definition) is 6. The highest BCUT2D eigenvalue weighted by Crippen LogP contribution is 2.39. The van der Waals surface area contributed by atoms with Crippen molar-refractivity contribution in [1.82, 2.24) is 14.8 Å². The normalized spacial score (nSPS) is 15.9. The first-order valence-electron chi connectivity index (χ1n) is 12.9. The number of carboxylic acids is 1. The van der Waals surface area contributed by atoms with Crippen LogP contribution < -0.4 is 9.64 Å². The van der Waals surface area contributed by atoms with Crippen molar-refractivity contribution in [3.05, 3.63) is 75.9 Å². The van der Waals surface area contributed by atoms with E-state index in [1.807, 2.05) is 24.3 Å². The van der Waals surface area contributed by atoms with E-state index in [0.29, 0.717) is 28.7 Å². The highest BCUT2D eigenvalue weighted by atomic mass is 35.5. The molecule has 1 fully saturated rings. The van der Waals surface area contributed by atoms with E-state index in [1.165, 1.54) is 17.2 Å². The Kier molecular flexibility index (Phi) is 8.25. The summed E-state index contributed by atoms with van der Waals surface area (Å²) in [6, 6.07) is 13.8. The number of carbonyl (C=O) groups excluding carboxylic acids is 2. The summed E-state index contributed by atoms with van der Waals surface area (Å²) in [6.07, 6.45) is 3.56. The molecular weight excluding hydrogens is 555 g/mol. The monoisotopic (exact) mass is 582 g/mol. The van der Waals surface area contributed by atoms with Crippen LogP contribution in [0.1, 0.15) is 34.8 Å². The molecule has 1 aromatic heterocycles. The predicted octanol–water partition coefficient (Wildman–Crippen LogP) is 4.77. The number of likely N-dealkylation sites (N-methyl/N-ethyl adjacent to an activating group) is 1. The van der Waals surface area contributed by atoms with Crippen molar-refractivity contribution in [1.29, 1.82) is 0 Å². The van der Waals surface area contributed by atoms with Crippen LogP contribution >= 0.6 is 23.2 Å². The predicted molar refractivity (Wildman–Crippen MR) is 152 cm³/mol. The Bertz CT molecular complexity index is 1430. The summed E-state index contributed by atoms with van der Waals surface area (Å²) in [6.45, 7) is 2.22. The minimum Gasteiger partial charge on any atom is -0.482 e. The van der Waals surface area contributed by atoms with Gasteiger partial charge in [0, 0.05) is 31.4 Å². The molecule has 0 saturated carbocycles. The van der Waals surface area contributed by atoms with Crippen LogP contribution in [0.25, 0.3) is 11.3 Å². The zero-order chi connectivity index (χ0) is 28.4. The largest absolute Gasteiger partial charge is 0.482 e. The standard InChI is InChI=1S/C29H28Cl2N4O5/c1-33(27(36)16-35-24-12-21(30)22(31)13-26(24)40-17-28(35)37)25(15-34-10-2-3-11-34)19-6-4-18(5-7-19)23-9-8-20(14-32-23)29(38)39/h4-9,12-14,25H,2-3,10-11,15-17H2,1H3,(H,38,39). The summed E-state index contributed by atoms with van der Waals surface area (Å²) in [7, 11) is 1.75. The second-order valence-corrected chi connectivity index (χ2v) is 10.7. The Morgan fingerprint density at radius 2 is 1.77 bits per heavy atom. The Hall–Kier alpha value is -3.66. The molecule has 0 bridgehead atoms. The summed E-state index contributed by atoms with van der Waals surface area (Å²) in [5, 5.41) is 9.71. The number of carboxylic acid groups (broad SMARTS) is 1. The number of likely N-dealkylation sites (tertiary alicyclic amines) is 1. The molecule has 3 aromatic rings. The van der Waals surface area contributed by atoms with Crippen LogP contribution in [0.2, 0.25) is 10.0 Å². The van der Waals surface area contributed by atoms with Crippen LogP contribution in [0.5, 0.6) is 5.75 Å². The smallest absolute Gasteiger partial charge is 0.337 e. The fraction of sp³-hybridized carbons (Fsp3) is 0.310. The van der Waals surface area contributed by atoms with E-state index in [1.54, 1.807) is 30.1 Å². The molecule has 1 N–H and O–H groups in total. The number of halogens is 2. The van der Waals surface area contributed by atoms with Crippen molar-refractivity contribution < 1.29 is 24.2 Å². The van der Waals surface area contributed by atoms with Crippen molar-refractivity contribution in [2.45, 2.75) is 18.9 Å². The second kappa shape index (κ2) is 11.8. The molecule has 208 valence electrons. The number of nitrogens with zero attached hydrogens (tertiary/aromatic N) is 4. The quantitative estimate of drug-likeness (QED) is 0.408. The molecule has 3 heterocycles. The van der Waals surface area contributed by atoms with E-state index in [-0.39, 0.29) is 41.6 Å². The lowest BCUT2D eigenvalue weighted by Gasteiger charge is -2.35. The van der Waals surface area contributed by atoms with Crippen molar-refractivity contribution >= 4 is 46.7 Å². The maximum absolute atomic E-state index is 13.6. The summed E-state index contributed by atoms with van der Waals surface area (Å²) in [4.78, 5) is 47.2. The van der Waals surface area contributed by atoms with Crippen LogP contribution in [-0.4, -0.2) is 77.5 Å². The molecule has 11 heteroatoms. The Labute approximate surface area is 241 Å². The number of rotatable bonds is 8. The molecular formula is C29H28Cl2N4O5. The molecule has 0 spiro atoms. The van der Waals surface area contributed by atoms with Crippen LogP contribution in [-0.2, 0) is 9.59 Å². The van der Waals surface area contributed by atoms with Crippen molar-refractivity contribution in [3.63, 3.8) is 0 Å². The number of anilines is 1. The maximum atomic E-state index is 13.6. The molecule has 2 aromatic carbocycles. The molecule has 1 unspecified atom stereocenters. The summed E-state index contributed by atoms with van der Waals surface area (Å²) >= 11 is 12.3. The van der Waals surface area contributed by atoms with Crippen LogP contribution in [0.4, 0.5) is 5.69 Å². The van der Waals surface area contributed by atoms with Gasteiger partial charge in [0.25, 0.3) is 5.91 Å². The number of aromatic carboxylic acids is 1. The average molecular weight is 583 g/mol. The minimum atomic E-state index is -1.03. The third kappa shape index (κ3) is 5.91. The molecule has 1 saturated heterocycles. The van der Waals surface area contributed by atoms with E-state index in [9.17, 15) is 14.4 Å². The second-order valence-electron chi connectivity index (χ2n) is 9.89. The Balaban J connectivity index is 1.38. The number of aromatic nitrogens is 1. The van der Waals surface area contributed by atoms with Gasteiger partial charge in [0.05, 0.1) is 33.0 Å². The van der Waals surface area contributed by atoms with Gasteiger partial charge in [-0.15, -0.1) is 0 Å². The number of ether oxygens (including phenoxy) is 1. The fourth-order valence-electron chi connectivity index (χ4n) is 5.02. The van der Waals surface area contributed by atoms with Gasteiger partial charge in [-0.3, -0.25) is 19.5 Å². The molecule has 1 atom stereocenters. The maximum Gasteiger partial charge on any atom is 0.337 e. The fourth-order valence-corrected chi connectivity index (χ4v) is 5.33. The Morgan fingerprint density at radius 3 is 2.42 bits per heavy atom. The molecule has 0 aliphatic carbocycles. The van der Waals surface area contributed by atoms with E-state index in [0.717, 1.165) is 37.1 Å². The van der Waals surface area contributed by atoms with E-state index in [4.69, 9.17) is 33.0 Å². The molecule has 40 heavy (non-hydrogen) atoms. The first kappa shape index (κ1) is 27.9. The van der Waals surface area contributed by atoms with Gasteiger partial charge in [0.2, 0.25) is 5.91 Å². The third-order valence-corrected chi connectivity index (χ3v) is 8.05. The van der Waals surface area contributed by atoms with Gasteiger partial charge in [-0.1, -0.05) is 47.5 Å². The molecule has 2 amide bonds. The number of pyridine rings is 1. The van der Waals surface area contributed by atoms with E-state index >= 15 is 0 Å². The highest BCUT2D eigenvalue weighted by molar-refractivity contribution is 6.42. The lowest BCUT2D eigenvalue weighted by atomic mass is 10.0. The zero-order valence-electron chi connectivity index (χ0n) is 21.8. The Morgan fingerprint density at radius 1 is 1.07 bits per heavy atom. The van der Waals surface area contributed by atoms with Crippen molar-refractivity contribution in [2.75, 3.05) is 44.7 Å². The topological polar surface area (TPSA) is 103 Å². The summed E-state index contributed by atoms with van der Waals surface area (Å²) in [5.74, 6) is -1.19. The highest BCUT2D eigenvalue weighted by Gasteiger charge is 2.32. The van der Waals surface area contributed by atoms with Crippen LogP contribution in [0.15, 0.2) is 54.7 Å². The first-order valence-corrected chi connectivity index (χ1v) is 13.7. The van der Waals surface area contributed by atoms with Gasteiger partial charge in [-0.05, 0) is 49.7 Å². The van der Waals surface area contributed by atoms with Gasteiger partial charge >= 0.3 is 5.97 Å². The molecule has 5 rings (SSSR count). The van der Waals surface area contributed by atoms with E-state index in [2.05, 4.69) is 9.88 Å². The van der Waals surface area contributed by atoms with Crippen LogP contribution in [0, 0.1) is 0 Å². The molecule has 0 radical (unpaired) electrons. The van der Waals surface area contributed by atoms with Gasteiger partial charge in [0.1, 0.15) is 12.3 Å². The van der Waals surface area contributed by atoms with Gasteiger partial charge in [0.15, 0.2) is 6.61 Å². The average Bonchev–Trinajstić information content (AvgIpc) is 3.47. The first-order chi connectivity index (χ1) is 19.2. The van der Waals surface area contributed by atoms with Gasteiger partial charge < -0.3 is 19.6 Å². The SMILES string of the molecule is CN(C(=O)CN1C(=O)COc2cc(Cl)c(Cl)cc21)C(CN1CCCC1)c1ccc(-c2ccc(C(=O)O)cn2)cc1. The number of carbonyl (C=O) groups is 3. The number of hydrogen-bond donors (Lipinski definition) is 1. The summed E-state index contributed by atoms with van der Waals surface area (Å²) < 4.78 is 5.52. The lowest BCUT2D eigenvalue weighted by molar-refractivity contribution is -0.133. The van der Waals surface area contributed by atoms with E-state index < -0.39 is 5.97 Å². The molecule has 9 nitrogen and oxygen atoms in total. The van der Waals surface area contributed by atoms with Crippen molar-refractivity contribution in [2.24, 2.45) is 0 Å². The number of fused-ring (bicyclic) bond motifs is 1. The third-order valence-electron chi connectivity index (χ3n) is 7.33. The van der Waals surface area contributed by atoms with Gasteiger partial charge in [-0.25, -0.2) is 4.79 Å². The molecule has 2 aliphatic heterocycles. The number of benzene rings is 2. The minimum absolute atomic E-state index is 0.123. The lowest BCUT2D eigenvalue weighted by Crippen LogP contribution is -2.47. The van der Waals surface area contributed by atoms with Gasteiger partial charge in [-0.2, -0.15) is 0 Å².